The zero-order valence-electron chi connectivity index (χ0n) is 33.6. The lowest BCUT2D eigenvalue weighted by atomic mass is 10.1. The summed E-state index contributed by atoms with van der Waals surface area (Å²) < 4.78 is 19.0. The van der Waals surface area contributed by atoms with E-state index in [2.05, 4.69) is 0 Å². The van der Waals surface area contributed by atoms with Crippen molar-refractivity contribution in [3.8, 4) is 0 Å². The van der Waals surface area contributed by atoms with Crippen molar-refractivity contribution in [2.45, 2.75) is 36.9 Å². The van der Waals surface area contributed by atoms with Crippen molar-refractivity contribution in [3.05, 3.63) is 176 Å². The van der Waals surface area contributed by atoms with Gasteiger partial charge in [-0.2, -0.15) is 0 Å². The first-order valence-electron chi connectivity index (χ1n) is 19.6. The summed E-state index contributed by atoms with van der Waals surface area (Å²) in [6.07, 6.45) is 0. The monoisotopic (exact) mass is 960 g/mol. The van der Waals surface area contributed by atoms with Crippen LogP contribution in [0.3, 0.4) is 0 Å². The summed E-state index contributed by atoms with van der Waals surface area (Å²) in [6, 6.07) is 42.2. The van der Waals surface area contributed by atoms with Crippen molar-refractivity contribution in [2.75, 3.05) is 19.8 Å². The van der Waals surface area contributed by atoms with Crippen LogP contribution in [0.2, 0.25) is 0 Å². The third-order valence-electron chi connectivity index (χ3n) is 9.68. The van der Waals surface area contributed by atoms with Crippen LogP contribution in [0.25, 0.3) is 32.3 Å². The normalized spacial score (nSPS) is 11.2. The minimum Gasteiger partial charge on any atom is -0.329 e. The van der Waals surface area contributed by atoms with Gasteiger partial charge in [-0.25, -0.2) is 28.1 Å². The first-order valence-corrected chi connectivity index (χ1v) is 26.5. The molecule has 0 amide bonds. The van der Waals surface area contributed by atoms with Crippen LogP contribution >= 0.6 is 64.8 Å². The Morgan fingerprint density at radius 3 is 0.968 bits per heavy atom. The third kappa shape index (κ3) is 12.4. The molecule has 6 aromatic carbocycles. The predicted octanol–water partition coefficient (Wildman–Crippen LogP) is 8.81. The summed E-state index contributed by atoms with van der Waals surface area (Å²) in [5.41, 5.74) is 0.523. The maximum atomic E-state index is 13.6. The molecule has 1 aromatic heterocycles. The van der Waals surface area contributed by atoms with Gasteiger partial charge in [0.2, 0.25) is 19.8 Å². The lowest BCUT2D eigenvalue weighted by Gasteiger charge is -2.11. The number of carbonyl (C=O) groups excluding carboxylic acids is 3. The van der Waals surface area contributed by atoms with Crippen molar-refractivity contribution in [2.24, 2.45) is 0 Å². The van der Waals surface area contributed by atoms with E-state index in [1.54, 1.807) is 0 Å². The molecule has 7 rings (SSSR count). The van der Waals surface area contributed by atoms with E-state index in [-0.39, 0.29) is 55.4 Å². The maximum Gasteiger partial charge on any atom is 0.561 e. The molecule has 0 spiro atoms. The molecule has 63 heavy (non-hydrogen) atoms. The number of benzene rings is 6. The minimum absolute atomic E-state index is 0.258. The highest BCUT2D eigenvalue weighted by molar-refractivity contribution is 8.82. The topological polar surface area (TPSA) is 158 Å². The van der Waals surface area contributed by atoms with E-state index in [1.807, 2.05) is 127 Å². The Balaban J connectivity index is 0.952. The van der Waals surface area contributed by atoms with Gasteiger partial charge in [0.1, 0.15) is 0 Å². The van der Waals surface area contributed by atoms with Crippen LogP contribution in [-0.4, -0.2) is 63.8 Å². The Morgan fingerprint density at radius 1 is 0.397 bits per heavy atom. The highest BCUT2D eigenvalue weighted by atomic mass is 33.1. The number of nitrogens with zero attached hydrogens (tertiary/aromatic N) is 3. The van der Waals surface area contributed by atoms with E-state index in [1.165, 1.54) is 32.4 Å². The molecule has 0 aliphatic rings. The zero-order chi connectivity index (χ0) is 44.0. The second-order valence-electron chi connectivity index (χ2n) is 13.6. The van der Waals surface area contributed by atoms with Gasteiger partial charge in [-0.3, -0.25) is 0 Å². The molecule has 0 saturated heterocycles. The molecular formula is C45H42N3O9S6+3. The van der Waals surface area contributed by atoms with Gasteiger partial charge in [0, 0.05) is 17.3 Å². The average molecular weight is 961 g/mol. The van der Waals surface area contributed by atoms with Crippen molar-refractivity contribution in [1.82, 2.24) is 13.7 Å². The van der Waals surface area contributed by atoms with Gasteiger partial charge in [-0.1, -0.05) is 160 Å². The molecular weight excluding hydrogens is 919 g/mol. The van der Waals surface area contributed by atoms with Crippen LogP contribution in [0.5, 0.6) is 0 Å². The Hall–Kier alpha value is -4.98. The third-order valence-corrected chi connectivity index (χ3v) is 15.5. The Kier molecular flexibility index (Phi) is 16.9. The van der Waals surface area contributed by atoms with Crippen molar-refractivity contribution in [1.29, 1.82) is 0 Å². The molecule has 0 unspecified atom stereocenters. The number of fused-ring (bicyclic) bond motifs is 3. The van der Waals surface area contributed by atoms with Crippen LogP contribution in [0.1, 0.15) is 16.7 Å². The fourth-order valence-corrected chi connectivity index (χ4v) is 11.7. The number of hydrogen-bond acceptors (Lipinski definition) is 12. The quantitative estimate of drug-likeness (QED) is 0.0349. The number of hydrogen-bond donors (Lipinski definition) is 0. The Labute approximate surface area is 385 Å². The molecule has 0 fully saturated rings. The van der Waals surface area contributed by atoms with Gasteiger partial charge in [0.25, 0.3) is 0 Å². The zero-order valence-corrected chi connectivity index (χ0v) is 38.5. The van der Waals surface area contributed by atoms with E-state index >= 15 is 0 Å². The van der Waals surface area contributed by atoms with Crippen LogP contribution in [-0.2, 0) is 51.1 Å². The predicted molar refractivity (Wildman–Crippen MR) is 266 cm³/mol. The standard InChI is InChI=1S/C45H39N3O9S6/c49-40-46(22-25-55-43(52)61-58-28-34-16-7-13-31-10-1-4-19-37(31)34)41(50)48(24-27-57-45(54)63-60-30-36-18-9-15-33-12-3-6-21-39(33)36)42(51)47(40)23-26-56-44(53)62-59-29-35-17-8-14-32-11-2-5-20-38(32)35/h1-21H,22-30H2/p+3. The molecule has 0 bridgehead atoms. The molecule has 0 radical (unpaired) electrons. The number of aromatic nitrogens is 3. The minimum atomic E-state index is -0.917. The van der Waals surface area contributed by atoms with Crippen molar-refractivity contribution < 1.29 is 28.6 Å². The van der Waals surface area contributed by atoms with E-state index in [9.17, 15) is 28.8 Å². The summed E-state index contributed by atoms with van der Waals surface area (Å²) >= 11 is 0. The SMILES string of the molecule is O=c1n(CCOC(=[OH+])SSCc2cccc3ccccc23)c(=O)n(CCOC(=[OH+])SSCc2cccc3ccccc23)c(=O)n1CCOC(=[OH+])SSCc1cccc2ccccc12. The largest absolute Gasteiger partial charge is 0.561 e. The molecule has 0 saturated carbocycles. The first-order chi connectivity index (χ1) is 30.8. The number of ether oxygens (including phenoxy) is 3. The first kappa shape index (κ1) is 46.0. The Bertz CT molecular complexity index is 2580. The van der Waals surface area contributed by atoms with Gasteiger partial charge >= 0.3 is 33.0 Å². The summed E-state index contributed by atoms with van der Waals surface area (Å²) in [4.78, 5) is 72.5. The van der Waals surface area contributed by atoms with Gasteiger partial charge in [0.05, 0.1) is 52.0 Å². The summed E-state index contributed by atoms with van der Waals surface area (Å²) in [7, 11) is 7.15. The lowest BCUT2D eigenvalue weighted by molar-refractivity contribution is 0.237. The van der Waals surface area contributed by atoms with Gasteiger partial charge in [0.15, 0.2) is 0 Å². The summed E-state index contributed by atoms with van der Waals surface area (Å²) in [6.45, 7) is -1.66. The van der Waals surface area contributed by atoms with Crippen LogP contribution < -0.4 is 17.1 Å². The highest BCUT2D eigenvalue weighted by Crippen LogP contribution is 2.32. The highest BCUT2D eigenvalue weighted by Gasteiger charge is 2.23. The smallest absolute Gasteiger partial charge is 0.329 e. The maximum absolute atomic E-state index is 13.6. The van der Waals surface area contributed by atoms with Gasteiger partial charge in [-0.15, -0.1) is 0 Å². The fraction of sp³-hybridized carbons (Fsp3) is 0.200. The van der Waals surface area contributed by atoms with E-state index < -0.39 is 17.1 Å². The fourth-order valence-electron chi connectivity index (χ4n) is 6.69. The van der Waals surface area contributed by atoms with Crippen LogP contribution in [0.4, 0.5) is 0 Å². The second kappa shape index (κ2) is 23.1. The van der Waals surface area contributed by atoms with Crippen LogP contribution in [0.15, 0.2) is 142 Å². The van der Waals surface area contributed by atoms with Crippen molar-refractivity contribution in [3.63, 3.8) is 0 Å². The molecule has 0 atom stereocenters. The van der Waals surface area contributed by atoms with Gasteiger partial charge in [-0.05, 0) is 49.0 Å². The second-order valence-corrected chi connectivity index (χ2v) is 20.3. The van der Waals surface area contributed by atoms with E-state index in [4.69, 9.17) is 14.2 Å². The summed E-state index contributed by atoms with van der Waals surface area (Å²) in [5, 5.41) is 5.61. The molecule has 7 aromatic rings. The average Bonchev–Trinajstić information content (AvgIpc) is 3.30. The van der Waals surface area contributed by atoms with E-state index in [0.29, 0.717) is 17.3 Å². The molecule has 0 aliphatic carbocycles. The number of rotatable bonds is 18. The Morgan fingerprint density at radius 2 is 0.667 bits per heavy atom. The molecule has 3 N–H and O–H groups in total. The molecule has 18 heteroatoms. The van der Waals surface area contributed by atoms with Crippen LogP contribution in [0, 0.1) is 0 Å². The molecule has 12 nitrogen and oxygen atoms in total. The van der Waals surface area contributed by atoms with Gasteiger partial charge < -0.3 is 28.6 Å². The van der Waals surface area contributed by atoms with E-state index in [0.717, 1.165) is 95.1 Å². The molecule has 0 aliphatic heterocycles. The lowest BCUT2D eigenvalue weighted by Crippen LogP contribution is -2.55. The van der Waals surface area contributed by atoms with Crippen molar-refractivity contribution >= 4 is 113 Å². The molecule has 324 valence electrons. The molecule has 1 heterocycles. The summed E-state index contributed by atoms with van der Waals surface area (Å²) in [5.74, 6) is 1.75.